The standard InChI is InChI=1S/C19H18FN5O/c1-3-9-26-17-11-16-14(10-15(17)20)18(23-19(22)25(16)12-21)24(2)13-7-5-4-6-8-13/h3-8,10-12,21-22H,1,9H2,2H3. The number of anilines is 2. The smallest absolute Gasteiger partial charge is 0.229 e. The van der Waals surface area contributed by atoms with Crippen LogP contribution in [0.3, 0.4) is 0 Å². The van der Waals surface area contributed by atoms with Gasteiger partial charge in [0.15, 0.2) is 11.6 Å². The molecule has 0 saturated heterocycles. The lowest BCUT2D eigenvalue weighted by atomic mass is 10.2. The van der Waals surface area contributed by atoms with E-state index in [1.807, 2.05) is 30.3 Å². The zero-order valence-electron chi connectivity index (χ0n) is 14.2. The molecule has 0 atom stereocenters. The summed E-state index contributed by atoms with van der Waals surface area (Å²) in [6, 6.07) is 12.3. The quantitative estimate of drug-likeness (QED) is 0.406. The highest BCUT2D eigenvalue weighted by atomic mass is 19.1. The summed E-state index contributed by atoms with van der Waals surface area (Å²) in [5, 5.41) is 16.2. The molecule has 3 aromatic rings. The first-order valence-corrected chi connectivity index (χ1v) is 7.90. The van der Waals surface area contributed by atoms with Gasteiger partial charge in [0.2, 0.25) is 5.62 Å². The summed E-state index contributed by atoms with van der Waals surface area (Å²) in [7, 11) is 1.80. The minimum atomic E-state index is -0.543. The molecule has 0 fully saturated rings. The zero-order valence-corrected chi connectivity index (χ0v) is 14.2. The number of benzene rings is 2. The van der Waals surface area contributed by atoms with Crippen molar-refractivity contribution in [3.05, 3.63) is 66.6 Å². The highest BCUT2D eigenvalue weighted by Crippen LogP contribution is 2.31. The Labute approximate surface area is 149 Å². The minimum Gasteiger partial charge on any atom is -0.486 e. The monoisotopic (exact) mass is 351 g/mol. The second-order valence-electron chi connectivity index (χ2n) is 5.55. The third-order valence-corrected chi connectivity index (χ3v) is 3.94. The summed E-state index contributed by atoms with van der Waals surface area (Å²) in [4.78, 5) is 6.04. The van der Waals surface area contributed by atoms with Crippen LogP contribution in [0.15, 0.2) is 55.1 Å². The van der Waals surface area contributed by atoms with Crippen LogP contribution in [0.25, 0.3) is 10.9 Å². The largest absolute Gasteiger partial charge is 0.486 e. The van der Waals surface area contributed by atoms with Crippen LogP contribution in [0.2, 0.25) is 0 Å². The lowest BCUT2D eigenvalue weighted by Gasteiger charge is -2.21. The fraction of sp³-hybridized carbons (Fsp3) is 0.105. The van der Waals surface area contributed by atoms with Crippen molar-refractivity contribution < 1.29 is 9.13 Å². The van der Waals surface area contributed by atoms with Crippen molar-refractivity contribution in [2.75, 3.05) is 18.6 Å². The van der Waals surface area contributed by atoms with Crippen LogP contribution in [-0.4, -0.2) is 29.5 Å². The Balaban J connectivity index is 2.27. The first-order valence-electron chi connectivity index (χ1n) is 7.90. The molecule has 0 bridgehead atoms. The van der Waals surface area contributed by atoms with Gasteiger partial charge in [-0.05, 0) is 18.2 Å². The third-order valence-electron chi connectivity index (χ3n) is 3.94. The number of rotatable bonds is 6. The van der Waals surface area contributed by atoms with Gasteiger partial charge in [-0.2, -0.15) is 4.98 Å². The first kappa shape index (κ1) is 17.3. The average molecular weight is 351 g/mol. The molecule has 3 rings (SSSR count). The molecule has 2 aromatic carbocycles. The maximum atomic E-state index is 14.5. The molecule has 0 amide bonds. The number of halogens is 1. The predicted molar refractivity (Wildman–Crippen MR) is 99.9 cm³/mol. The highest BCUT2D eigenvalue weighted by molar-refractivity contribution is 5.95. The molecule has 7 heteroatoms. The molecule has 0 radical (unpaired) electrons. The molecule has 0 saturated carbocycles. The van der Waals surface area contributed by atoms with E-state index in [-0.39, 0.29) is 18.0 Å². The van der Waals surface area contributed by atoms with Gasteiger partial charge < -0.3 is 9.64 Å². The second-order valence-corrected chi connectivity index (χ2v) is 5.55. The number of nitrogens with zero attached hydrogens (tertiary/aromatic N) is 3. The minimum absolute atomic E-state index is 0.0342. The van der Waals surface area contributed by atoms with Crippen LogP contribution in [0, 0.1) is 16.6 Å². The molecule has 1 heterocycles. The molecular weight excluding hydrogens is 333 g/mol. The molecule has 0 aliphatic rings. The van der Waals surface area contributed by atoms with Crippen LogP contribution < -0.4 is 15.3 Å². The molecular formula is C19H18FN5O. The Morgan fingerprint density at radius 2 is 2.04 bits per heavy atom. The van der Waals surface area contributed by atoms with Crippen molar-refractivity contribution in [1.82, 2.24) is 9.55 Å². The van der Waals surface area contributed by atoms with E-state index in [0.29, 0.717) is 16.7 Å². The van der Waals surface area contributed by atoms with Gasteiger partial charge in [0.05, 0.1) is 11.9 Å². The van der Waals surface area contributed by atoms with E-state index in [4.69, 9.17) is 15.6 Å². The molecule has 2 N–H and O–H groups in total. The number of para-hydroxylation sites is 1. The molecule has 1 aromatic heterocycles. The van der Waals surface area contributed by atoms with Crippen LogP contribution in [0.4, 0.5) is 15.9 Å². The summed E-state index contributed by atoms with van der Waals surface area (Å²) in [5.74, 6) is -0.0893. The summed E-state index contributed by atoms with van der Waals surface area (Å²) >= 11 is 0. The van der Waals surface area contributed by atoms with E-state index >= 15 is 0 Å². The van der Waals surface area contributed by atoms with Crippen molar-refractivity contribution >= 4 is 28.7 Å². The van der Waals surface area contributed by atoms with Crippen molar-refractivity contribution in [3.8, 4) is 5.75 Å². The van der Waals surface area contributed by atoms with Crippen LogP contribution in [0.5, 0.6) is 5.75 Å². The van der Waals surface area contributed by atoms with Crippen molar-refractivity contribution in [1.29, 1.82) is 10.8 Å². The average Bonchev–Trinajstić information content (AvgIpc) is 2.66. The summed E-state index contributed by atoms with van der Waals surface area (Å²) in [6.45, 7) is 3.71. The molecule has 0 aliphatic carbocycles. The molecule has 0 spiro atoms. The fourth-order valence-corrected chi connectivity index (χ4v) is 2.67. The van der Waals surface area contributed by atoms with E-state index in [1.54, 1.807) is 11.9 Å². The number of aromatic nitrogens is 2. The second kappa shape index (κ2) is 7.18. The number of ether oxygens (including phenoxy) is 1. The lowest BCUT2D eigenvalue weighted by Crippen LogP contribution is -2.26. The van der Waals surface area contributed by atoms with Gasteiger partial charge in [-0.25, -0.2) is 4.39 Å². The number of fused-ring (bicyclic) bond motifs is 1. The van der Waals surface area contributed by atoms with E-state index < -0.39 is 5.82 Å². The Kier molecular flexibility index (Phi) is 4.79. The Morgan fingerprint density at radius 3 is 2.69 bits per heavy atom. The summed E-state index contributed by atoms with van der Waals surface area (Å²) < 4.78 is 21.1. The summed E-state index contributed by atoms with van der Waals surface area (Å²) in [6.07, 6.45) is 2.49. The SMILES string of the molecule is C=CCOc1cc2c(cc1F)c(N(C)c1ccccc1)nc(=N)n2C=N. The van der Waals surface area contributed by atoms with Crippen molar-refractivity contribution in [2.45, 2.75) is 0 Å². The molecule has 26 heavy (non-hydrogen) atoms. The van der Waals surface area contributed by atoms with Gasteiger partial charge in [-0.1, -0.05) is 30.9 Å². The van der Waals surface area contributed by atoms with Crippen LogP contribution in [-0.2, 0) is 0 Å². The van der Waals surface area contributed by atoms with Crippen LogP contribution in [0.1, 0.15) is 0 Å². The van der Waals surface area contributed by atoms with Gasteiger partial charge in [0, 0.05) is 24.2 Å². The van der Waals surface area contributed by atoms with E-state index in [1.165, 1.54) is 22.8 Å². The number of nitrogens with one attached hydrogen (secondary N) is 2. The highest BCUT2D eigenvalue weighted by Gasteiger charge is 2.17. The van der Waals surface area contributed by atoms with Gasteiger partial charge >= 0.3 is 0 Å². The van der Waals surface area contributed by atoms with Gasteiger partial charge in [0.1, 0.15) is 12.4 Å². The zero-order chi connectivity index (χ0) is 18.7. The topological polar surface area (TPSA) is 78.0 Å². The normalized spacial score (nSPS) is 10.5. The fourth-order valence-electron chi connectivity index (χ4n) is 2.67. The maximum Gasteiger partial charge on any atom is 0.229 e. The summed E-state index contributed by atoms with van der Waals surface area (Å²) in [5.41, 5.74) is 1.17. The van der Waals surface area contributed by atoms with E-state index in [9.17, 15) is 4.39 Å². The van der Waals surface area contributed by atoms with E-state index in [0.717, 1.165) is 12.0 Å². The Bertz CT molecular complexity index is 1030. The molecule has 6 nitrogen and oxygen atoms in total. The number of hydrogen-bond donors (Lipinski definition) is 2. The Morgan fingerprint density at radius 1 is 1.31 bits per heavy atom. The first-order chi connectivity index (χ1) is 12.6. The third kappa shape index (κ3) is 3.06. The molecule has 0 aliphatic heterocycles. The van der Waals surface area contributed by atoms with Gasteiger partial charge in [0.25, 0.3) is 0 Å². The van der Waals surface area contributed by atoms with Crippen LogP contribution >= 0.6 is 0 Å². The lowest BCUT2D eigenvalue weighted by molar-refractivity contribution is 0.342. The van der Waals surface area contributed by atoms with Gasteiger partial charge in [-0.15, -0.1) is 0 Å². The van der Waals surface area contributed by atoms with Gasteiger partial charge in [-0.3, -0.25) is 15.4 Å². The Hall–Kier alpha value is -3.48. The van der Waals surface area contributed by atoms with E-state index in [2.05, 4.69) is 11.6 Å². The predicted octanol–water partition coefficient (Wildman–Crippen LogP) is 3.44. The molecule has 0 unspecified atom stereocenters. The van der Waals surface area contributed by atoms with Crippen molar-refractivity contribution in [3.63, 3.8) is 0 Å². The maximum absolute atomic E-state index is 14.5. The number of hydrogen-bond acceptors (Lipinski definition) is 5. The van der Waals surface area contributed by atoms with Crippen molar-refractivity contribution in [2.24, 2.45) is 0 Å². The molecule has 132 valence electrons.